The molecule has 2 saturated carbocycles. The number of hydrogen-bond donors (Lipinski definition) is 6. The van der Waals surface area contributed by atoms with E-state index in [1.807, 2.05) is 0 Å². The largest absolute Gasteiger partial charge is 0.355 e. The van der Waals surface area contributed by atoms with E-state index in [9.17, 15) is 14.4 Å². The first-order valence-corrected chi connectivity index (χ1v) is 13.2. The van der Waals surface area contributed by atoms with Gasteiger partial charge in [-0.05, 0) is 55.7 Å². The van der Waals surface area contributed by atoms with Crippen molar-refractivity contribution in [1.29, 1.82) is 0 Å². The molecule has 35 heavy (non-hydrogen) atoms. The lowest BCUT2D eigenvalue weighted by Gasteiger charge is -2.47. The molecule has 1 aromatic carbocycles. The first-order chi connectivity index (χ1) is 17.0. The maximum atomic E-state index is 13.3. The van der Waals surface area contributed by atoms with E-state index in [1.165, 1.54) is 90.4 Å². The third-order valence-corrected chi connectivity index (χ3v) is 7.96. The summed E-state index contributed by atoms with van der Waals surface area (Å²) < 4.78 is 0. The molecule has 192 valence electrons. The second-order valence-electron chi connectivity index (χ2n) is 10.1. The Balaban J connectivity index is 1.50. The fourth-order valence-corrected chi connectivity index (χ4v) is 6.07. The summed E-state index contributed by atoms with van der Waals surface area (Å²) in [5, 5.41) is 11.8. The van der Waals surface area contributed by atoms with Crippen molar-refractivity contribution < 1.29 is 14.4 Å². The average molecular weight is 485 g/mol. The van der Waals surface area contributed by atoms with Gasteiger partial charge >= 0.3 is 0 Å². The van der Waals surface area contributed by atoms with Gasteiger partial charge in [-0.15, -0.1) is 0 Å². The molecule has 0 radical (unpaired) electrons. The van der Waals surface area contributed by atoms with Gasteiger partial charge in [-0.25, -0.2) is 5.43 Å². The minimum absolute atomic E-state index is 0.166. The summed E-state index contributed by atoms with van der Waals surface area (Å²) in [6.45, 7) is 0. The van der Waals surface area contributed by atoms with Gasteiger partial charge in [0.1, 0.15) is 6.29 Å². The Morgan fingerprint density at radius 1 is 0.714 bits per heavy atom. The van der Waals surface area contributed by atoms with Gasteiger partial charge in [0, 0.05) is 31.7 Å². The lowest BCUT2D eigenvalue weighted by molar-refractivity contribution is 0.0654. The molecular formula is C26H40N6O3. The lowest BCUT2D eigenvalue weighted by atomic mass is 9.74. The predicted octanol–water partition coefficient (Wildman–Crippen LogP) is 2.01. The maximum Gasteiger partial charge on any atom is 0.254 e. The van der Waals surface area contributed by atoms with Crippen LogP contribution >= 0.6 is 0 Å². The third-order valence-electron chi connectivity index (χ3n) is 7.96. The van der Waals surface area contributed by atoms with Gasteiger partial charge in [-0.1, -0.05) is 38.5 Å². The van der Waals surface area contributed by atoms with E-state index < -0.39 is 12.2 Å². The van der Waals surface area contributed by atoms with E-state index in [0.717, 1.165) is 0 Å². The summed E-state index contributed by atoms with van der Waals surface area (Å²) >= 11 is 0. The lowest BCUT2D eigenvalue weighted by Crippen LogP contribution is -2.74. The van der Waals surface area contributed by atoms with Crippen LogP contribution < -0.4 is 32.1 Å². The van der Waals surface area contributed by atoms with Crippen LogP contribution in [-0.4, -0.2) is 50.2 Å². The number of nitrogens with one attached hydrogen (secondary N) is 6. The smallest absolute Gasteiger partial charge is 0.254 e. The highest BCUT2D eigenvalue weighted by Crippen LogP contribution is 2.34. The number of hydrazine groups is 1. The fraction of sp³-hybridized carbons (Fsp3) is 0.654. The highest BCUT2D eigenvalue weighted by atomic mass is 16.2. The summed E-state index contributed by atoms with van der Waals surface area (Å²) in [5.74, 6) is 0.104. The van der Waals surface area contributed by atoms with E-state index >= 15 is 0 Å². The Morgan fingerprint density at radius 2 is 1.31 bits per heavy atom. The molecule has 0 bridgehead atoms. The van der Waals surface area contributed by atoms with Crippen molar-refractivity contribution in [1.82, 2.24) is 32.1 Å². The van der Waals surface area contributed by atoms with Crippen molar-refractivity contribution in [3.8, 4) is 0 Å². The molecule has 3 aliphatic rings. The van der Waals surface area contributed by atoms with Gasteiger partial charge in [0.2, 0.25) is 0 Å². The zero-order valence-corrected chi connectivity index (χ0v) is 20.9. The Labute approximate surface area is 207 Å². The van der Waals surface area contributed by atoms with Crippen LogP contribution in [0.5, 0.6) is 0 Å². The Bertz CT molecular complexity index is 910. The zero-order valence-electron chi connectivity index (χ0n) is 20.9. The second-order valence-corrected chi connectivity index (χ2v) is 10.1. The molecule has 0 spiro atoms. The predicted molar refractivity (Wildman–Crippen MR) is 135 cm³/mol. The molecule has 9 heteroatoms. The molecule has 0 aromatic heterocycles. The molecule has 9 nitrogen and oxygen atoms in total. The molecular weight excluding hydrogens is 444 g/mol. The zero-order chi connectivity index (χ0) is 24.8. The minimum atomic E-state index is -0.467. The van der Waals surface area contributed by atoms with E-state index in [2.05, 4.69) is 32.1 Å². The van der Waals surface area contributed by atoms with Crippen LogP contribution in [0.3, 0.4) is 0 Å². The first-order valence-electron chi connectivity index (χ1n) is 13.2. The van der Waals surface area contributed by atoms with Gasteiger partial charge in [0.15, 0.2) is 0 Å². The van der Waals surface area contributed by atoms with E-state index in [4.69, 9.17) is 0 Å². The molecule has 1 heterocycles. The van der Waals surface area contributed by atoms with Gasteiger partial charge in [0.05, 0.1) is 11.1 Å². The summed E-state index contributed by atoms with van der Waals surface area (Å²) in [5.41, 5.74) is 7.56. The molecule has 1 saturated heterocycles. The summed E-state index contributed by atoms with van der Waals surface area (Å²) in [6, 6.07) is 5.16. The van der Waals surface area contributed by atoms with Crippen LogP contribution in [0.25, 0.3) is 0 Å². The van der Waals surface area contributed by atoms with Gasteiger partial charge in [-0.2, -0.15) is 0 Å². The standard InChI is InChI=1S/C26H40N6O3/c1-27-23(33)18-13-14-19(20(15-18)24(34)28-2)25(35)30-26-29-21(16-9-5-3-6-10-16)22(31-32-26)17-11-7-4-8-12-17/h13-17,21-22,26,29,31-32H,3-12H2,1-2H3,(H,27,33)(H,28,34)(H,30,35). The van der Waals surface area contributed by atoms with Crippen molar-refractivity contribution in [2.45, 2.75) is 82.6 Å². The fourth-order valence-electron chi connectivity index (χ4n) is 6.07. The number of carbonyl (C=O) groups is 3. The van der Waals surface area contributed by atoms with Crippen molar-refractivity contribution >= 4 is 17.7 Å². The summed E-state index contributed by atoms with van der Waals surface area (Å²) in [7, 11) is 3.03. The first kappa shape index (κ1) is 25.6. The van der Waals surface area contributed by atoms with Crippen LogP contribution in [0.4, 0.5) is 0 Å². The number of rotatable bonds is 6. The van der Waals surface area contributed by atoms with Gasteiger partial charge < -0.3 is 16.0 Å². The van der Waals surface area contributed by atoms with Gasteiger partial charge in [-0.3, -0.25) is 25.1 Å². The molecule has 6 N–H and O–H groups in total. The Hall–Kier alpha value is -2.49. The van der Waals surface area contributed by atoms with Crippen molar-refractivity contribution in [3.05, 3.63) is 34.9 Å². The van der Waals surface area contributed by atoms with E-state index in [-0.39, 0.29) is 29.0 Å². The highest BCUT2D eigenvalue weighted by molar-refractivity contribution is 6.09. The second kappa shape index (κ2) is 12.0. The molecule has 3 unspecified atom stereocenters. The molecule has 1 aromatic rings. The minimum Gasteiger partial charge on any atom is -0.355 e. The molecule has 3 amide bonds. The Morgan fingerprint density at radius 3 is 1.91 bits per heavy atom. The van der Waals surface area contributed by atoms with E-state index in [0.29, 0.717) is 23.4 Å². The number of benzene rings is 1. The maximum absolute atomic E-state index is 13.3. The van der Waals surface area contributed by atoms with Crippen LogP contribution in [0.2, 0.25) is 0 Å². The topological polar surface area (TPSA) is 123 Å². The number of amides is 3. The molecule has 4 rings (SSSR count). The number of hydrogen-bond acceptors (Lipinski definition) is 6. The third kappa shape index (κ3) is 6.02. The van der Waals surface area contributed by atoms with Crippen molar-refractivity contribution in [2.24, 2.45) is 11.8 Å². The van der Waals surface area contributed by atoms with Crippen molar-refractivity contribution in [3.63, 3.8) is 0 Å². The normalized spacial score (nSPS) is 26.1. The molecule has 2 aliphatic carbocycles. The quantitative estimate of drug-likeness (QED) is 0.367. The molecule has 3 atom stereocenters. The van der Waals surface area contributed by atoms with E-state index in [1.54, 1.807) is 6.07 Å². The van der Waals surface area contributed by atoms with Crippen LogP contribution in [-0.2, 0) is 0 Å². The highest BCUT2D eigenvalue weighted by Gasteiger charge is 2.40. The molecule has 1 aliphatic heterocycles. The van der Waals surface area contributed by atoms with Crippen molar-refractivity contribution in [2.75, 3.05) is 14.1 Å². The monoisotopic (exact) mass is 484 g/mol. The van der Waals surface area contributed by atoms with Gasteiger partial charge in [0.25, 0.3) is 17.7 Å². The Kier molecular flexibility index (Phi) is 8.75. The van der Waals surface area contributed by atoms with Crippen LogP contribution in [0.15, 0.2) is 18.2 Å². The summed E-state index contributed by atoms with van der Waals surface area (Å²) in [6.07, 6.45) is 12.2. The van der Waals surface area contributed by atoms with Crippen LogP contribution in [0, 0.1) is 11.8 Å². The molecule has 3 fully saturated rings. The summed E-state index contributed by atoms with van der Waals surface area (Å²) in [4.78, 5) is 37.8. The van der Waals surface area contributed by atoms with Crippen LogP contribution in [0.1, 0.15) is 95.3 Å². The average Bonchev–Trinajstić information content (AvgIpc) is 2.92. The SMILES string of the molecule is CNC(=O)c1ccc(C(=O)NC2NNC(C3CCCCC3)C(C3CCCCC3)N2)c(C(=O)NC)c1. The number of carbonyl (C=O) groups excluding carboxylic acids is 3.